The van der Waals surface area contributed by atoms with Crippen molar-refractivity contribution in [1.29, 1.82) is 0 Å². The second-order valence-electron chi connectivity index (χ2n) is 14.2. The van der Waals surface area contributed by atoms with Crippen LogP contribution in [0.25, 0.3) is 43.8 Å². The van der Waals surface area contributed by atoms with Gasteiger partial charge in [0.05, 0.1) is 5.69 Å². The maximum Gasteiger partial charge on any atom is 0.196 e. The highest BCUT2D eigenvalue weighted by Crippen LogP contribution is 2.52. The molecule has 0 saturated carbocycles. The van der Waals surface area contributed by atoms with Gasteiger partial charge in [-0.25, -0.2) is 0 Å². The number of rotatable bonds is 5. The highest BCUT2D eigenvalue weighted by Gasteiger charge is 2.36. The molecule has 51 heavy (non-hydrogen) atoms. The van der Waals surface area contributed by atoms with Crippen LogP contribution in [0, 0.1) is 0 Å². The number of fused-ring (bicyclic) bond motifs is 9. The van der Waals surface area contributed by atoms with Gasteiger partial charge in [0, 0.05) is 38.8 Å². The zero-order chi connectivity index (χ0) is 34.1. The van der Waals surface area contributed by atoms with Crippen molar-refractivity contribution in [3.8, 4) is 28.0 Å². The van der Waals surface area contributed by atoms with Gasteiger partial charge in [-0.3, -0.25) is 0 Å². The van der Waals surface area contributed by atoms with E-state index in [1.165, 1.54) is 49.5 Å². The van der Waals surface area contributed by atoms with E-state index in [9.17, 15) is 0 Å². The molecule has 1 atom stereocenters. The molecule has 1 aliphatic heterocycles. The van der Waals surface area contributed by atoms with Crippen molar-refractivity contribution in [3.63, 3.8) is 0 Å². The summed E-state index contributed by atoms with van der Waals surface area (Å²) in [5.74, 6) is 0.893. The molecule has 1 aliphatic carbocycles. The van der Waals surface area contributed by atoms with Gasteiger partial charge in [0.2, 0.25) is 0 Å². The SMILES string of the molecule is CC1(C)c2ccccc2-c2ccc(N(c3ccc(-c4ccccc4)cc3)c3ccc4c(c3)c3c(c5ccccc54)NC(c4ccccc4)O3)cc21. The first-order valence-electron chi connectivity index (χ1n) is 17.7. The molecule has 1 N–H and O–H groups in total. The summed E-state index contributed by atoms with van der Waals surface area (Å²) in [7, 11) is 0. The first kappa shape index (κ1) is 29.6. The molecule has 2 aliphatic rings. The minimum Gasteiger partial charge on any atom is -0.464 e. The van der Waals surface area contributed by atoms with Crippen LogP contribution in [0.5, 0.6) is 5.75 Å². The predicted molar refractivity (Wildman–Crippen MR) is 213 cm³/mol. The van der Waals surface area contributed by atoms with Crippen LogP contribution in [0.2, 0.25) is 0 Å². The minimum absolute atomic E-state index is 0.111. The van der Waals surface area contributed by atoms with Gasteiger partial charge in [-0.15, -0.1) is 0 Å². The lowest BCUT2D eigenvalue weighted by Gasteiger charge is -2.28. The molecule has 0 radical (unpaired) electrons. The molecule has 3 nitrogen and oxygen atoms in total. The van der Waals surface area contributed by atoms with Crippen molar-refractivity contribution in [1.82, 2.24) is 0 Å². The van der Waals surface area contributed by atoms with E-state index in [0.29, 0.717) is 0 Å². The van der Waals surface area contributed by atoms with E-state index in [-0.39, 0.29) is 11.6 Å². The molecule has 8 aromatic carbocycles. The van der Waals surface area contributed by atoms with E-state index in [1.807, 2.05) is 6.07 Å². The molecule has 3 heteroatoms. The quantitative estimate of drug-likeness (QED) is 0.187. The highest BCUT2D eigenvalue weighted by molar-refractivity contribution is 6.18. The molecule has 0 amide bonds. The van der Waals surface area contributed by atoms with Gasteiger partial charge in [-0.2, -0.15) is 0 Å². The summed E-state index contributed by atoms with van der Waals surface area (Å²) < 4.78 is 6.82. The zero-order valence-corrected chi connectivity index (χ0v) is 28.6. The predicted octanol–water partition coefficient (Wildman–Crippen LogP) is 12.9. The summed E-state index contributed by atoms with van der Waals surface area (Å²) in [5, 5.41) is 8.37. The molecule has 0 saturated heterocycles. The topological polar surface area (TPSA) is 24.5 Å². The van der Waals surface area contributed by atoms with Crippen LogP contribution in [0.3, 0.4) is 0 Å². The Kier molecular flexibility index (Phi) is 6.59. The largest absolute Gasteiger partial charge is 0.464 e. The summed E-state index contributed by atoms with van der Waals surface area (Å²) in [4.78, 5) is 2.40. The fourth-order valence-electron chi connectivity index (χ4n) is 8.32. The van der Waals surface area contributed by atoms with E-state index in [2.05, 4.69) is 188 Å². The smallest absolute Gasteiger partial charge is 0.196 e. The molecule has 244 valence electrons. The van der Waals surface area contributed by atoms with E-state index in [0.717, 1.165) is 39.4 Å². The summed E-state index contributed by atoms with van der Waals surface area (Å²) in [6, 6.07) is 61.3. The van der Waals surface area contributed by atoms with Crippen LogP contribution in [-0.2, 0) is 5.41 Å². The average molecular weight is 657 g/mol. The average Bonchev–Trinajstić information content (AvgIpc) is 3.74. The molecule has 8 aromatic rings. The third kappa shape index (κ3) is 4.65. The summed E-state index contributed by atoms with van der Waals surface area (Å²) in [6.45, 7) is 4.69. The standard InChI is InChI=1S/C48H36N2O/c1-48(2)43-20-12-11-18-39(43)40-28-26-36(30-44(40)48)50(34-23-21-32(22-24-34)31-13-5-3-6-14-31)35-25-27-38-37-17-9-10-19-41(37)45-46(42(38)29-35)51-47(49-45)33-15-7-4-8-16-33/h3-30,47,49H,1-2H3. The summed E-state index contributed by atoms with van der Waals surface area (Å²) >= 11 is 0. The van der Waals surface area contributed by atoms with Crippen LogP contribution in [0.4, 0.5) is 22.7 Å². The molecule has 0 bridgehead atoms. The van der Waals surface area contributed by atoms with E-state index in [4.69, 9.17) is 4.74 Å². The number of anilines is 4. The normalized spacial score (nSPS) is 15.1. The molecular weight excluding hydrogens is 621 g/mol. The zero-order valence-electron chi connectivity index (χ0n) is 28.6. The number of nitrogens with one attached hydrogen (secondary N) is 1. The van der Waals surface area contributed by atoms with E-state index in [1.54, 1.807) is 0 Å². The number of benzene rings is 8. The van der Waals surface area contributed by atoms with Gasteiger partial charge in [-0.1, -0.05) is 147 Å². The third-order valence-corrected chi connectivity index (χ3v) is 10.9. The minimum atomic E-state index is -0.263. The van der Waals surface area contributed by atoms with Crippen molar-refractivity contribution >= 4 is 44.3 Å². The first-order valence-corrected chi connectivity index (χ1v) is 17.7. The summed E-state index contributed by atoms with van der Waals surface area (Å²) in [6.07, 6.45) is -0.263. The van der Waals surface area contributed by atoms with Crippen LogP contribution in [0.15, 0.2) is 170 Å². The Morgan fingerprint density at radius 2 is 1.08 bits per heavy atom. The second kappa shape index (κ2) is 11.4. The van der Waals surface area contributed by atoms with Crippen LogP contribution >= 0.6 is 0 Å². The third-order valence-electron chi connectivity index (χ3n) is 10.9. The maximum atomic E-state index is 6.82. The van der Waals surface area contributed by atoms with E-state index >= 15 is 0 Å². The number of hydrogen-bond donors (Lipinski definition) is 1. The molecular formula is C48H36N2O. The van der Waals surface area contributed by atoms with Gasteiger partial charge < -0.3 is 15.0 Å². The van der Waals surface area contributed by atoms with Crippen molar-refractivity contribution in [2.75, 3.05) is 10.2 Å². The Labute approximate surface area is 298 Å². The van der Waals surface area contributed by atoms with Crippen molar-refractivity contribution in [3.05, 3.63) is 187 Å². The van der Waals surface area contributed by atoms with Gasteiger partial charge in [0.25, 0.3) is 0 Å². The second-order valence-corrected chi connectivity index (χ2v) is 14.2. The van der Waals surface area contributed by atoms with Gasteiger partial charge in [-0.05, 0) is 80.6 Å². The van der Waals surface area contributed by atoms with Crippen molar-refractivity contribution in [2.24, 2.45) is 0 Å². The molecule has 1 unspecified atom stereocenters. The fraction of sp³-hybridized carbons (Fsp3) is 0.0833. The van der Waals surface area contributed by atoms with Crippen molar-refractivity contribution in [2.45, 2.75) is 25.5 Å². The Balaban J connectivity index is 1.16. The summed E-state index contributed by atoms with van der Waals surface area (Å²) in [5.41, 5.74) is 13.1. The Bertz CT molecular complexity index is 2610. The van der Waals surface area contributed by atoms with E-state index < -0.39 is 0 Å². The van der Waals surface area contributed by atoms with Gasteiger partial charge >= 0.3 is 0 Å². The number of hydrogen-bond acceptors (Lipinski definition) is 3. The lowest BCUT2D eigenvalue weighted by molar-refractivity contribution is 0.262. The Morgan fingerprint density at radius 3 is 1.88 bits per heavy atom. The van der Waals surface area contributed by atoms with Gasteiger partial charge in [0.15, 0.2) is 12.0 Å². The first-order chi connectivity index (χ1) is 25.0. The lowest BCUT2D eigenvalue weighted by atomic mass is 9.82. The molecule has 0 spiro atoms. The highest BCUT2D eigenvalue weighted by atomic mass is 16.5. The molecule has 0 fully saturated rings. The van der Waals surface area contributed by atoms with Crippen LogP contribution < -0.4 is 15.0 Å². The molecule has 1 heterocycles. The molecule has 0 aromatic heterocycles. The molecule has 10 rings (SSSR count). The lowest BCUT2D eigenvalue weighted by Crippen LogP contribution is -2.16. The van der Waals surface area contributed by atoms with Crippen LogP contribution in [0.1, 0.15) is 36.8 Å². The van der Waals surface area contributed by atoms with Gasteiger partial charge in [0.1, 0.15) is 0 Å². The maximum absolute atomic E-state index is 6.82. The van der Waals surface area contributed by atoms with Crippen molar-refractivity contribution < 1.29 is 4.74 Å². The number of nitrogens with zero attached hydrogens (tertiary/aromatic N) is 1. The fourth-order valence-corrected chi connectivity index (χ4v) is 8.32. The number of ether oxygens (including phenoxy) is 1. The van der Waals surface area contributed by atoms with Crippen LogP contribution in [-0.4, -0.2) is 0 Å². The Hall–Kier alpha value is -6.32. The Morgan fingerprint density at radius 1 is 0.490 bits per heavy atom. The monoisotopic (exact) mass is 656 g/mol.